The minimum absolute atomic E-state index is 0.147. The summed E-state index contributed by atoms with van der Waals surface area (Å²) in [6.45, 7) is 2.24. The molecule has 6 nitrogen and oxygen atoms in total. The number of benzene rings is 3. The van der Waals surface area contributed by atoms with E-state index in [9.17, 15) is 9.59 Å². The molecule has 1 unspecified atom stereocenters. The molecule has 0 fully saturated rings. The molecule has 0 bridgehead atoms. The summed E-state index contributed by atoms with van der Waals surface area (Å²) in [6.07, 6.45) is 0. The van der Waals surface area contributed by atoms with Gasteiger partial charge in [0.1, 0.15) is 19.0 Å². The molecule has 2 N–H and O–H groups in total. The number of halogens is 1. The summed E-state index contributed by atoms with van der Waals surface area (Å²) < 4.78 is 11.4. The fraction of sp³-hybridized carbons (Fsp3) is 0.154. The molecule has 7 heteroatoms. The van der Waals surface area contributed by atoms with Gasteiger partial charge in [-0.15, -0.1) is 0 Å². The molecule has 1 aliphatic rings. The Hall–Kier alpha value is -3.77. The predicted molar refractivity (Wildman–Crippen MR) is 126 cm³/mol. The Bertz CT molecular complexity index is 1160. The third-order valence-corrected chi connectivity index (χ3v) is 5.49. The van der Waals surface area contributed by atoms with Gasteiger partial charge in [0.25, 0.3) is 0 Å². The standard InChI is InChI=1S/C26H23ClN2O4/c1-17-23(25(30)33-16-18-5-3-2-4-6-18)24(29-26(31)28-17)20-9-13-22(14-10-20)32-15-19-7-11-21(27)12-8-19/h2-14,24H,15-16H2,1H3,(H2,28,29,31). The lowest BCUT2D eigenvalue weighted by Crippen LogP contribution is -2.45. The zero-order valence-electron chi connectivity index (χ0n) is 18.0. The molecule has 0 aliphatic carbocycles. The van der Waals surface area contributed by atoms with Crippen molar-refractivity contribution in [2.45, 2.75) is 26.2 Å². The molecule has 0 spiro atoms. The van der Waals surface area contributed by atoms with E-state index in [0.29, 0.717) is 28.6 Å². The maximum atomic E-state index is 12.9. The summed E-state index contributed by atoms with van der Waals surface area (Å²) in [4.78, 5) is 25.0. The third kappa shape index (κ3) is 5.73. The number of allylic oxidation sites excluding steroid dienone is 1. The summed E-state index contributed by atoms with van der Waals surface area (Å²) in [5.74, 6) is 0.180. The van der Waals surface area contributed by atoms with Crippen molar-refractivity contribution < 1.29 is 19.1 Å². The van der Waals surface area contributed by atoms with Crippen LogP contribution in [0.5, 0.6) is 5.75 Å². The van der Waals surface area contributed by atoms with Gasteiger partial charge in [-0.2, -0.15) is 0 Å². The van der Waals surface area contributed by atoms with Gasteiger partial charge in [-0.3, -0.25) is 0 Å². The Morgan fingerprint density at radius 1 is 0.909 bits per heavy atom. The molecule has 1 heterocycles. The van der Waals surface area contributed by atoms with Gasteiger partial charge in [0.05, 0.1) is 11.6 Å². The second-order valence-electron chi connectivity index (χ2n) is 7.62. The summed E-state index contributed by atoms with van der Waals surface area (Å²) >= 11 is 5.91. The van der Waals surface area contributed by atoms with E-state index in [2.05, 4.69) is 10.6 Å². The number of carbonyl (C=O) groups excluding carboxylic acids is 2. The number of rotatable bonds is 7. The average Bonchev–Trinajstić information content (AvgIpc) is 2.83. The molecule has 33 heavy (non-hydrogen) atoms. The van der Waals surface area contributed by atoms with E-state index in [1.807, 2.05) is 78.9 Å². The Labute approximate surface area is 197 Å². The molecule has 3 aromatic carbocycles. The van der Waals surface area contributed by atoms with E-state index in [1.54, 1.807) is 6.92 Å². The number of esters is 1. The van der Waals surface area contributed by atoms with Crippen molar-refractivity contribution in [2.24, 2.45) is 0 Å². The first-order valence-corrected chi connectivity index (χ1v) is 10.8. The number of nitrogens with one attached hydrogen (secondary N) is 2. The van der Waals surface area contributed by atoms with Crippen LogP contribution in [0.25, 0.3) is 0 Å². The lowest BCUT2D eigenvalue weighted by Gasteiger charge is -2.28. The first-order valence-electron chi connectivity index (χ1n) is 10.5. The van der Waals surface area contributed by atoms with Crippen molar-refractivity contribution in [3.63, 3.8) is 0 Å². The van der Waals surface area contributed by atoms with Gasteiger partial charge in [-0.05, 0) is 47.9 Å². The quantitative estimate of drug-likeness (QED) is 0.468. The fourth-order valence-electron chi connectivity index (χ4n) is 3.52. The number of ether oxygens (including phenoxy) is 2. The van der Waals surface area contributed by atoms with Gasteiger partial charge in [-0.25, -0.2) is 9.59 Å². The van der Waals surface area contributed by atoms with Crippen LogP contribution in [0, 0.1) is 0 Å². The van der Waals surface area contributed by atoms with Gasteiger partial charge in [0.15, 0.2) is 0 Å². The smallest absolute Gasteiger partial charge is 0.338 e. The van der Waals surface area contributed by atoms with Gasteiger partial charge in [-0.1, -0.05) is 66.2 Å². The summed E-state index contributed by atoms with van der Waals surface area (Å²) in [5, 5.41) is 6.14. The van der Waals surface area contributed by atoms with Crippen LogP contribution >= 0.6 is 11.6 Å². The number of urea groups is 1. The van der Waals surface area contributed by atoms with Crippen LogP contribution < -0.4 is 15.4 Å². The van der Waals surface area contributed by atoms with E-state index in [1.165, 1.54) is 0 Å². The SMILES string of the molecule is CC1=C(C(=O)OCc2ccccc2)C(c2ccc(OCc3ccc(Cl)cc3)cc2)NC(=O)N1. The van der Waals surface area contributed by atoms with E-state index in [4.69, 9.17) is 21.1 Å². The van der Waals surface area contributed by atoms with Gasteiger partial charge >= 0.3 is 12.0 Å². The summed E-state index contributed by atoms with van der Waals surface area (Å²) in [7, 11) is 0. The van der Waals surface area contributed by atoms with Crippen molar-refractivity contribution >= 4 is 23.6 Å². The Morgan fingerprint density at radius 2 is 1.58 bits per heavy atom. The average molecular weight is 463 g/mol. The third-order valence-electron chi connectivity index (χ3n) is 5.23. The first-order chi connectivity index (χ1) is 16.0. The van der Waals surface area contributed by atoms with Gasteiger partial charge < -0.3 is 20.1 Å². The highest BCUT2D eigenvalue weighted by atomic mass is 35.5. The van der Waals surface area contributed by atoms with E-state index in [0.717, 1.165) is 16.7 Å². The van der Waals surface area contributed by atoms with E-state index in [-0.39, 0.29) is 12.6 Å². The highest BCUT2D eigenvalue weighted by molar-refractivity contribution is 6.30. The number of hydrogen-bond acceptors (Lipinski definition) is 4. The number of carbonyl (C=O) groups is 2. The van der Waals surface area contributed by atoms with E-state index < -0.39 is 12.0 Å². The highest BCUT2D eigenvalue weighted by Crippen LogP contribution is 2.29. The monoisotopic (exact) mass is 462 g/mol. The van der Waals surface area contributed by atoms with Gasteiger partial charge in [0.2, 0.25) is 0 Å². The largest absolute Gasteiger partial charge is 0.489 e. The van der Waals surface area contributed by atoms with Gasteiger partial charge in [0, 0.05) is 10.7 Å². The molecule has 0 aromatic heterocycles. The Kier molecular flexibility index (Phi) is 6.95. The van der Waals surface area contributed by atoms with Crippen LogP contribution in [0.1, 0.15) is 29.7 Å². The van der Waals surface area contributed by atoms with Crippen molar-refractivity contribution in [1.29, 1.82) is 0 Å². The second kappa shape index (κ2) is 10.2. The lowest BCUT2D eigenvalue weighted by atomic mass is 9.95. The molecule has 0 saturated heterocycles. The number of hydrogen-bond donors (Lipinski definition) is 2. The van der Waals surface area contributed by atoms with Crippen LogP contribution in [-0.2, 0) is 22.7 Å². The molecule has 0 radical (unpaired) electrons. The first kappa shape index (κ1) is 22.4. The maximum absolute atomic E-state index is 12.9. The van der Waals surface area contributed by atoms with Crippen LogP contribution in [0.2, 0.25) is 5.02 Å². The molecule has 4 rings (SSSR count). The van der Waals surface area contributed by atoms with Crippen LogP contribution in [-0.4, -0.2) is 12.0 Å². The minimum Gasteiger partial charge on any atom is -0.489 e. The maximum Gasteiger partial charge on any atom is 0.338 e. The lowest BCUT2D eigenvalue weighted by molar-refractivity contribution is -0.140. The van der Waals surface area contributed by atoms with Crippen LogP contribution in [0.3, 0.4) is 0 Å². The van der Waals surface area contributed by atoms with Crippen molar-refractivity contribution in [1.82, 2.24) is 10.6 Å². The molecule has 168 valence electrons. The molecule has 1 aliphatic heterocycles. The van der Waals surface area contributed by atoms with Crippen molar-refractivity contribution in [2.75, 3.05) is 0 Å². The topological polar surface area (TPSA) is 76.7 Å². The molecule has 2 amide bonds. The van der Waals surface area contributed by atoms with E-state index >= 15 is 0 Å². The predicted octanol–water partition coefficient (Wildman–Crippen LogP) is 5.29. The van der Waals surface area contributed by atoms with Crippen molar-refractivity contribution in [3.8, 4) is 5.75 Å². The van der Waals surface area contributed by atoms with Crippen molar-refractivity contribution in [3.05, 3.63) is 112 Å². The molecule has 0 saturated carbocycles. The summed E-state index contributed by atoms with van der Waals surface area (Å²) in [6, 6.07) is 23.1. The molecule has 1 atom stereocenters. The minimum atomic E-state index is -0.632. The summed E-state index contributed by atoms with van der Waals surface area (Å²) in [5.41, 5.74) is 3.45. The molecule has 3 aromatic rings. The normalized spacial score (nSPS) is 15.5. The highest BCUT2D eigenvalue weighted by Gasteiger charge is 2.32. The second-order valence-corrected chi connectivity index (χ2v) is 8.05. The Morgan fingerprint density at radius 3 is 2.27 bits per heavy atom. The molecular formula is C26H23ClN2O4. The fourth-order valence-corrected chi connectivity index (χ4v) is 3.65. The zero-order chi connectivity index (χ0) is 23.2. The Balaban J connectivity index is 1.46. The molecular weight excluding hydrogens is 440 g/mol. The number of amides is 2. The van der Waals surface area contributed by atoms with Crippen LogP contribution in [0.4, 0.5) is 4.79 Å². The van der Waals surface area contributed by atoms with Crippen LogP contribution in [0.15, 0.2) is 90.1 Å². The zero-order valence-corrected chi connectivity index (χ0v) is 18.8.